The van der Waals surface area contributed by atoms with Crippen LogP contribution in [0, 0.1) is 12.7 Å². The second-order valence-electron chi connectivity index (χ2n) is 7.06. The fraction of sp³-hybridized carbons (Fsp3) is 0.333. The summed E-state index contributed by atoms with van der Waals surface area (Å²) in [6.45, 7) is 3.17. The van der Waals surface area contributed by atoms with E-state index >= 15 is 0 Å². The van der Waals surface area contributed by atoms with E-state index in [-0.39, 0.29) is 18.3 Å². The van der Waals surface area contributed by atoms with Crippen molar-refractivity contribution in [2.45, 2.75) is 19.9 Å². The van der Waals surface area contributed by atoms with Gasteiger partial charge >= 0.3 is 18.4 Å². The molecule has 3 rings (SSSR count). The van der Waals surface area contributed by atoms with E-state index in [1.54, 1.807) is 33.6 Å². The van der Waals surface area contributed by atoms with Crippen LogP contribution < -0.4 is 15.8 Å². The van der Waals surface area contributed by atoms with Crippen LogP contribution in [0.4, 0.5) is 23.7 Å². The van der Waals surface area contributed by atoms with E-state index in [1.807, 2.05) is 19.1 Å². The van der Waals surface area contributed by atoms with Gasteiger partial charge in [0.1, 0.15) is 5.82 Å². The molecule has 2 aromatic rings. The molecule has 0 radical (unpaired) electrons. The van der Waals surface area contributed by atoms with E-state index in [1.165, 1.54) is 17.6 Å². The molecule has 1 aromatic heterocycles. The number of carbonyl (C=O) groups is 3. The Bertz CT molecular complexity index is 983. The number of hydrogen-bond donors (Lipinski definition) is 2. The van der Waals surface area contributed by atoms with Gasteiger partial charge in [0.25, 0.3) is 0 Å². The first kappa shape index (κ1) is 26.8. The van der Waals surface area contributed by atoms with Gasteiger partial charge in [-0.1, -0.05) is 6.07 Å². The first-order chi connectivity index (χ1) is 16.2. The Labute approximate surface area is 196 Å². The summed E-state index contributed by atoms with van der Waals surface area (Å²) in [7, 11) is -0.853. The van der Waals surface area contributed by atoms with Crippen LogP contribution >= 0.6 is 0 Å². The number of pyridine rings is 1. The lowest BCUT2D eigenvalue weighted by Crippen LogP contribution is -2.48. The Morgan fingerprint density at radius 3 is 2.35 bits per heavy atom. The molecule has 34 heavy (non-hydrogen) atoms. The third kappa shape index (κ3) is 8.46. The normalized spacial score (nSPS) is 13.5. The summed E-state index contributed by atoms with van der Waals surface area (Å²) in [5.74, 6) is -0.891. The van der Waals surface area contributed by atoms with Gasteiger partial charge in [0.05, 0.1) is 12.2 Å². The number of halogens is 3. The Kier molecular flexibility index (Phi) is 10.5. The summed E-state index contributed by atoms with van der Waals surface area (Å²) < 4.78 is 47.2. The molecule has 0 aliphatic carbocycles. The number of benzene rings is 1. The first-order valence-electron chi connectivity index (χ1n) is 10.1. The quantitative estimate of drug-likeness (QED) is 0.465. The van der Waals surface area contributed by atoms with E-state index in [0.29, 0.717) is 36.8 Å². The number of nitrogens with one attached hydrogen (secondary N) is 2. The van der Waals surface area contributed by atoms with Crippen LogP contribution in [0.5, 0.6) is 0 Å². The van der Waals surface area contributed by atoms with E-state index in [9.17, 15) is 31.8 Å². The van der Waals surface area contributed by atoms with Crippen LogP contribution in [0.1, 0.15) is 11.3 Å². The number of hydrogen-bond acceptors (Lipinski definition) is 5. The largest absolute Gasteiger partial charge is 0.324 e. The monoisotopic (exact) mass is 499 g/mol. The maximum atomic E-state index is 13.3. The van der Waals surface area contributed by atoms with Crippen molar-refractivity contribution in [1.29, 1.82) is 0 Å². The van der Waals surface area contributed by atoms with Crippen LogP contribution in [0.25, 0.3) is 0 Å². The predicted molar refractivity (Wildman–Crippen MR) is 120 cm³/mol. The van der Waals surface area contributed by atoms with E-state index < -0.39 is 23.1 Å². The number of alkyl halides is 2. The zero-order chi connectivity index (χ0) is 25.1. The maximum Gasteiger partial charge on any atom is 0.324 e. The van der Waals surface area contributed by atoms with Crippen molar-refractivity contribution in [3.8, 4) is 0 Å². The molecule has 1 aliphatic heterocycles. The zero-order valence-corrected chi connectivity index (χ0v) is 19.1. The van der Waals surface area contributed by atoms with Gasteiger partial charge < -0.3 is 4.90 Å². The number of hydrazine groups is 1. The SMILES string of the molecule is Cc1ccc(CN(C(=O)N2CCS(=O)CC2)c2ccc(F)cc2)nc1.O=CNNC(=O)C(F)F. The van der Waals surface area contributed by atoms with E-state index in [4.69, 9.17) is 0 Å². The van der Waals surface area contributed by atoms with Crippen molar-refractivity contribution in [3.63, 3.8) is 0 Å². The number of carbonyl (C=O) groups excluding carboxylic acids is 3. The van der Waals surface area contributed by atoms with E-state index in [0.717, 1.165) is 11.3 Å². The second kappa shape index (κ2) is 13.3. The Morgan fingerprint density at radius 2 is 1.82 bits per heavy atom. The maximum absolute atomic E-state index is 13.3. The number of amides is 4. The van der Waals surface area contributed by atoms with Crippen LogP contribution in [0.2, 0.25) is 0 Å². The minimum absolute atomic E-state index is 0.0836. The molecule has 2 N–H and O–H groups in total. The van der Waals surface area contributed by atoms with Gasteiger partial charge in [-0.05, 0) is 42.8 Å². The van der Waals surface area contributed by atoms with Gasteiger partial charge in [-0.3, -0.25) is 34.5 Å². The van der Waals surface area contributed by atoms with Gasteiger partial charge in [-0.15, -0.1) is 0 Å². The standard InChI is InChI=1S/C18H20FN3O2S.C3H4F2N2O2/c1-14-2-5-16(20-12-14)13-22(17-6-3-15(19)4-7-17)18(23)21-8-10-25(24)11-9-21;4-2(5)3(9)7-6-1-8/h2-7,12H,8-11,13H2,1H3;1-2H,(H,6,8)(H,7,9). The number of aromatic nitrogens is 1. The lowest BCUT2D eigenvalue weighted by Gasteiger charge is -2.32. The molecule has 1 saturated heterocycles. The average Bonchev–Trinajstić information content (AvgIpc) is 2.83. The molecule has 2 heterocycles. The molecule has 0 saturated carbocycles. The molecule has 0 bridgehead atoms. The van der Waals surface area contributed by atoms with Crippen molar-refractivity contribution >= 4 is 34.8 Å². The molecule has 1 aromatic carbocycles. The minimum atomic E-state index is -3.10. The molecule has 13 heteroatoms. The highest BCUT2D eigenvalue weighted by Gasteiger charge is 2.26. The van der Waals surface area contributed by atoms with Crippen molar-refractivity contribution < 1.29 is 31.8 Å². The highest BCUT2D eigenvalue weighted by molar-refractivity contribution is 7.85. The number of nitrogens with zero attached hydrogens (tertiary/aromatic N) is 3. The molecule has 0 spiro atoms. The van der Waals surface area contributed by atoms with Crippen molar-refractivity contribution in [2.75, 3.05) is 29.5 Å². The van der Waals surface area contributed by atoms with Crippen LogP contribution in [-0.4, -0.2) is 63.5 Å². The van der Waals surface area contributed by atoms with Gasteiger partial charge in [0.2, 0.25) is 6.41 Å². The summed E-state index contributed by atoms with van der Waals surface area (Å²) in [6.07, 6.45) is -1.26. The molecule has 4 amide bonds. The van der Waals surface area contributed by atoms with Crippen LogP contribution in [-0.2, 0) is 26.9 Å². The number of aryl methyl sites for hydroxylation is 1. The van der Waals surface area contributed by atoms with Crippen molar-refractivity contribution in [2.24, 2.45) is 0 Å². The third-order valence-electron chi connectivity index (χ3n) is 4.56. The second-order valence-corrected chi connectivity index (χ2v) is 8.76. The molecule has 184 valence electrons. The molecule has 0 atom stereocenters. The van der Waals surface area contributed by atoms with Crippen LogP contribution in [0.3, 0.4) is 0 Å². The van der Waals surface area contributed by atoms with Crippen molar-refractivity contribution in [3.05, 3.63) is 59.7 Å². The summed E-state index contributed by atoms with van der Waals surface area (Å²) in [4.78, 5) is 39.8. The number of anilines is 1. The molecular weight excluding hydrogens is 475 g/mol. The van der Waals surface area contributed by atoms with Crippen molar-refractivity contribution in [1.82, 2.24) is 20.7 Å². The smallest absolute Gasteiger partial charge is 0.323 e. The Hall–Kier alpha value is -3.48. The summed E-state index contributed by atoms with van der Waals surface area (Å²) in [5, 5.41) is 0. The third-order valence-corrected chi connectivity index (χ3v) is 5.84. The molecule has 1 fully saturated rings. The Morgan fingerprint density at radius 1 is 1.18 bits per heavy atom. The topological polar surface area (TPSA) is 112 Å². The number of urea groups is 1. The predicted octanol–water partition coefficient (Wildman–Crippen LogP) is 1.75. The zero-order valence-electron chi connectivity index (χ0n) is 18.2. The summed E-state index contributed by atoms with van der Waals surface area (Å²) in [5.41, 5.74) is 5.40. The molecule has 9 nitrogen and oxygen atoms in total. The van der Waals surface area contributed by atoms with Crippen LogP contribution in [0.15, 0.2) is 42.6 Å². The fourth-order valence-corrected chi connectivity index (χ4v) is 3.85. The first-order valence-corrected chi connectivity index (χ1v) is 11.6. The highest BCUT2D eigenvalue weighted by Crippen LogP contribution is 2.20. The van der Waals surface area contributed by atoms with Gasteiger partial charge in [-0.25, -0.2) is 9.18 Å². The highest BCUT2D eigenvalue weighted by atomic mass is 32.2. The minimum Gasteiger partial charge on any atom is -0.323 e. The van der Waals surface area contributed by atoms with Gasteiger partial charge in [-0.2, -0.15) is 8.78 Å². The lowest BCUT2D eigenvalue weighted by atomic mass is 10.2. The van der Waals surface area contributed by atoms with Gasteiger partial charge in [0.15, 0.2) is 0 Å². The fourth-order valence-electron chi connectivity index (χ4n) is 2.80. The van der Waals surface area contributed by atoms with E-state index in [2.05, 4.69) is 4.98 Å². The average molecular weight is 500 g/mol. The summed E-state index contributed by atoms with van der Waals surface area (Å²) in [6, 6.07) is 9.50. The summed E-state index contributed by atoms with van der Waals surface area (Å²) >= 11 is 0. The van der Waals surface area contributed by atoms with Gasteiger partial charge in [0, 0.05) is 47.3 Å². The molecule has 0 unspecified atom stereocenters. The molecular formula is C21H24F3N5O4S. The Balaban J connectivity index is 0.000000387. The lowest BCUT2D eigenvalue weighted by molar-refractivity contribution is -0.134. The molecule has 1 aliphatic rings. The number of rotatable bonds is 6.